The van der Waals surface area contributed by atoms with Gasteiger partial charge >= 0.3 is 0 Å². The van der Waals surface area contributed by atoms with Crippen molar-refractivity contribution in [1.29, 1.82) is 0 Å². The molecule has 0 fully saturated rings. The fourth-order valence-electron chi connectivity index (χ4n) is 1.58. The van der Waals surface area contributed by atoms with Gasteiger partial charge in [-0.3, -0.25) is 4.79 Å². The smallest absolute Gasteiger partial charge is 0.255 e. The van der Waals surface area contributed by atoms with Gasteiger partial charge in [0.25, 0.3) is 5.91 Å². The maximum Gasteiger partial charge on any atom is 0.255 e. The Morgan fingerprint density at radius 2 is 1.89 bits per heavy atom. The summed E-state index contributed by atoms with van der Waals surface area (Å²) >= 11 is 0. The Bertz CT molecular complexity index is 363. The first-order valence-electron chi connectivity index (χ1n) is 6.79. The molecular formula is C15H23NO2. The monoisotopic (exact) mass is 249 g/mol. The second-order valence-corrected chi connectivity index (χ2v) is 4.31. The molecule has 18 heavy (non-hydrogen) atoms. The largest absolute Gasteiger partial charge is 0.493 e. The van der Waals surface area contributed by atoms with Gasteiger partial charge in [-0.1, -0.05) is 38.8 Å². The summed E-state index contributed by atoms with van der Waals surface area (Å²) in [6.07, 6.45) is 4.18. The molecule has 3 nitrogen and oxygen atoms in total. The third-order valence-electron chi connectivity index (χ3n) is 2.70. The molecule has 3 heteroatoms. The minimum atomic E-state index is -0.0458. The van der Waals surface area contributed by atoms with E-state index < -0.39 is 0 Å². The zero-order valence-corrected chi connectivity index (χ0v) is 11.4. The molecule has 0 saturated heterocycles. The van der Waals surface area contributed by atoms with Crippen LogP contribution in [0.25, 0.3) is 0 Å². The lowest BCUT2D eigenvalue weighted by Crippen LogP contribution is -2.24. The second-order valence-electron chi connectivity index (χ2n) is 4.31. The van der Waals surface area contributed by atoms with Crippen LogP contribution >= 0.6 is 0 Å². The number of ether oxygens (including phenoxy) is 1. The molecule has 0 radical (unpaired) electrons. The van der Waals surface area contributed by atoms with E-state index in [0.717, 1.165) is 32.2 Å². The molecule has 0 atom stereocenters. The van der Waals surface area contributed by atoms with Crippen molar-refractivity contribution in [3.05, 3.63) is 29.8 Å². The fraction of sp³-hybridized carbons (Fsp3) is 0.533. The molecule has 100 valence electrons. The van der Waals surface area contributed by atoms with Crippen LogP contribution in [0.1, 0.15) is 49.9 Å². The molecule has 0 aliphatic rings. The van der Waals surface area contributed by atoms with Crippen molar-refractivity contribution in [3.63, 3.8) is 0 Å². The van der Waals surface area contributed by atoms with Crippen LogP contribution in [-0.2, 0) is 0 Å². The molecule has 0 aliphatic carbocycles. The number of hydrogen-bond donors (Lipinski definition) is 1. The molecule has 1 rings (SSSR count). The van der Waals surface area contributed by atoms with E-state index in [4.69, 9.17) is 4.74 Å². The predicted molar refractivity (Wildman–Crippen MR) is 74.1 cm³/mol. The first-order valence-corrected chi connectivity index (χ1v) is 6.79. The van der Waals surface area contributed by atoms with Crippen LogP contribution in [0.3, 0.4) is 0 Å². The maximum absolute atomic E-state index is 12.0. The highest BCUT2D eigenvalue weighted by Gasteiger charge is 2.10. The SMILES string of the molecule is CCCCNC(=O)c1ccccc1OCCCC. The molecule has 1 aromatic carbocycles. The second kappa shape index (κ2) is 8.56. The van der Waals surface area contributed by atoms with Crippen molar-refractivity contribution in [2.75, 3.05) is 13.2 Å². The molecule has 1 aromatic rings. The Morgan fingerprint density at radius 1 is 1.17 bits per heavy atom. The van der Waals surface area contributed by atoms with Crippen molar-refractivity contribution < 1.29 is 9.53 Å². The Kier molecular flexibility index (Phi) is 6.92. The molecular weight excluding hydrogens is 226 g/mol. The highest BCUT2D eigenvalue weighted by atomic mass is 16.5. The summed E-state index contributed by atoms with van der Waals surface area (Å²) in [6.45, 7) is 5.61. The van der Waals surface area contributed by atoms with E-state index in [1.165, 1.54) is 0 Å². The lowest BCUT2D eigenvalue weighted by Gasteiger charge is -2.11. The Balaban J connectivity index is 2.59. The van der Waals surface area contributed by atoms with Crippen molar-refractivity contribution >= 4 is 5.91 Å². The predicted octanol–water partition coefficient (Wildman–Crippen LogP) is 3.40. The van der Waals surface area contributed by atoms with Crippen LogP contribution in [0.4, 0.5) is 0 Å². The zero-order valence-electron chi connectivity index (χ0n) is 11.4. The van der Waals surface area contributed by atoms with E-state index in [1.807, 2.05) is 24.3 Å². The summed E-state index contributed by atoms with van der Waals surface area (Å²) in [5.74, 6) is 0.635. The van der Waals surface area contributed by atoms with Crippen LogP contribution in [-0.4, -0.2) is 19.1 Å². The van der Waals surface area contributed by atoms with Crippen molar-refractivity contribution in [2.24, 2.45) is 0 Å². The number of carbonyl (C=O) groups excluding carboxylic acids is 1. The van der Waals surface area contributed by atoms with Crippen LogP contribution in [0.5, 0.6) is 5.75 Å². The number of unbranched alkanes of at least 4 members (excludes halogenated alkanes) is 2. The van der Waals surface area contributed by atoms with Gasteiger partial charge in [0.05, 0.1) is 12.2 Å². The van der Waals surface area contributed by atoms with Gasteiger partial charge in [0.1, 0.15) is 5.75 Å². The van der Waals surface area contributed by atoms with Crippen LogP contribution < -0.4 is 10.1 Å². The van der Waals surface area contributed by atoms with E-state index in [0.29, 0.717) is 17.9 Å². The lowest BCUT2D eigenvalue weighted by molar-refractivity contribution is 0.0949. The van der Waals surface area contributed by atoms with Gasteiger partial charge < -0.3 is 10.1 Å². The third-order valence-corrected chi connectivity index (χ3v) is 2.70. The number of hydrogen-bond acceptors (Lipinski definition) is 2. The molecule has 1 amide bonds. The molecule has 0 bridgehead atoms. The average molecular weight is 249 g/mol. The molecule has 0 unspecified atom stereocenters. The third kappa shape index (κ3) is 4.78. The van der Waals surface area contributed by atoms with Gasteiger partial charge in [-0.25, -0.2) is 0 Å². The van der Waals surface area contributed by atoms with Crippen molar-refractivity contribution in [1.82, 2.24) is 5.32 Å². The number of rotatable bonds is 8. The zero-order chi connectivity index (χ0) is 13.2. The van der Waals surface area contributed by atoms with E-state index in [-0.39, 0.29) is 5.91 Å². The average Bonchev–Trinajstić information content (AvgIpc) is 2.40. The van der Waals surface area contributed by atoms with Gasteiger partial charge in [-0.2, -0.15) is 0 Å². The van der Waals surface area contributed by atoms with E-state index in [1.54, 1.807) is 0 Å². The van der Waals surface area contributed by atoms with Crippen molar-refractivity contribution in [3.8, 4) is 5.75 Å². The van der Waals surface area contributed by atoms with Gasteiger partial charge in [0.15, 0.2) is 0 Å². The van der Waals surface area contributed by atoms with Crippen LogP contribution in [0, 0.1) is 0 Å². The first kappa shape index (κ1) is 14.6. The Hall–Kier alpha value is -1.51. The van der Waals surface area contributed by atoms with E-state index in [9.17, 15) is 4.79 Å². The number of para-hydroxylation sites is 1. The topological polar surface area (TPSA) is 38.3 Å². The fourth-order valence-corrected chi connectivity index (χ4v) is 1.58. The molecule has 0 spiro atoms. The normalized spacial score (nSPS) is 10.1. The number of carbonyl (C=O) groups is 1. The summed E-state index contributed by atoms with van der Waals surface area (Å²) in [6, 6.07) is 7.42. The Labute approximate surface area is 110 Å². The van der Waals surface area contributed by atoms with E-state index >= 15 is 0 Å². The standard InChI is InChI=1S/C15H23NO2/c1-3-5-11-16-15(17)13-9-7-8-10-14(13)18-12-6-4-2/h7-10H,3-6,11-12H2,1-2H3,(H,16,17). The molecule has 0 saturated carbocycles. The number of benzene rings is 1. The molecule has 1 N–H and O–H groups in total. The quantitative estimate of drug-likeness (QED) is 0.717. The van der Waals surface area contributed by atoms with Crippen LogP contribution in [0.2, 0.25) is 0 Å². The van der Waals surface area contributed by atoms with E-state index in [2.05, 4.69) is 19.2 Å². The van der Waals surface area contributed by atoms with Crippen molar-refractivity contribution in [2.45, 2.75) is 39.5 Å². The Morgan fingerprint density at radius 3 is 2.61 bits per heavy atom. The summed E-state index contributed by atoms with van der Waals surface area (Å²) < 4.78 is 5.64. The number of nitrogens with one attached hydrogen (secondary N) is 1. The van der Waals surface area contributed by atoms with Gasteiger partial charge in [0.2, 0.25) is 0 Å². The summed E-state index contributed by atoms with van der Waals surface area (Å²) in [5, 5.41) is 2.91. The lowest BCUT2D eigenvalue weighted by atomic mass is 10.2. The first-order chi connectivity index (χ1) is 8.79. The summed E-state index contributed by atoms with van der Waals surface area (Å²) in [7, 11) is 0. The van der Waals surface area contributed by atoms with Gasteiger partial charge in [-0.15, -0.1) is 0 Å². The van der Waals surface area contributed by atoms with Gasteiger partial charge in [0, 0.05) is 6.54 Å². The minimum absolute atomic E-state index is 0.0458. The number of amides is 1. The minimum Gasteiger partial charge on any atom is -0.493 e. The highest BCUT2D eigenvalue weighted by Crippen LogP contribution is 2.18. The van der Waals surface area contributed by atoms with Crippen LogP contribution in [0.15, 0.2) is 24.3 Å². The molecule has 0 aliphatic heterocycles. The summed E-state index contributed by atoms with van der Waals surface area (Å²) in [4.78, 5) is 12.0. The maximum atomic E-state index is 12.0. The molecule has 0 heterocycles. The van der Waals surface area contributed by atoms with Gasteiger partial charge in [-0.05, 0) is 25.0 Å². The highest BCUT2D eigenvalue weighted by molar-refractivity contribution is 5.96. The molecule has 0 aromatic heterocycles. The summed E-state index contributed by atoms with van der Waals surface area (Å²) in [5.41, 5.74) is 0.629.